The van der Waals surface area contributed by atoms with E-state index in [-0.39, 0.29) is 0 Å². The minimum Gasteiger partial charge on any atom is -0.495 e. The Morgan fingerprint density at radius 3 is 2.89 bits per heavy atom. The Morgan fingerprint density at radius 1 is 1.28 bits per heavy atom. The minimum atomic E-state index is 0.817. The first kappa shape index (κ1) is 11.7. The van der Waals surface area contributed by atoms with Gasteiger partial charge in [-0.1, -0.05) is 0 Å². The standard InChI is InChI=1S/C14H20N2O2/c1-17-13-10-12(16-5-7-18-8-6-16)9-11-3-2-4-15-14(11)13/h9-10,15H,2-8H2,1H3. The van der Waals surface area contributed by atoms with Gasteiger partial charge in [0.25, 0.3) is 0 Å². The molecule has 2 aliphatic heterocycles. The Morgan fingerprint density at radius 2 is 2.11 bits per heavy atom. The summed E-state index contributed by atoms with van der Waals surface area (Å²) in [4.78, 5) is 2.38. The van der Waals surface area contributed by atoms with Gasteiger partial charge in [-0.15, -0.1) is 0 Å². The molecule has 18 heavy (non-hydrogen) atoms. The summed E-state index contributed by atoms with van der Waals surface area (Å²) in [6.45, 7) is 4.61. The minimum absolute atomic E-state index is 0.817. The molecule has 0 radical (unpaired) electrons. The fourth-order valence-electron chi connectivity index (χ4n) is 2.71. The van der Waals surface area contributed by atoms with Crippen LogP contribution in [0.3, 0.4) is 0 Å². The van der Waals surface area contributed by atoms with Gasteiger partial charge in [0, 0.05) is 31.4 Å². The second-order valence-corrected chi connectivity index (χ2v) is 4.81. The molecule has 0 spiro atoms. The second-order valence-electron chi connectivity index (χ2n) is 4.81. The molecule has 3 rings (SSSR count). The van der Waals surface area contributed by atoms with Crippen LogP contribution >= 0.6 is 0 Å². The lowest BCUT2D eigenvalue weighted by atomic mass is 10.0. The fourth-order valence-corrected chi connectivity index (χ4v) is 2.71. The molecular formula is C14H20N2O2. The molecule has 1 aromatic carbocycles. The highest BCUT2D eigenvalue weighted by Crippen LogP contribution is 2.36. The number of nitrogens with one attached hydrogen (secondary N) is 1. The zero-order valence-electron chi connectivity index (χ0n) is 10.9. The molecule has 0 aromatic heterocycles. The number of hydrogen-bond acceptors (Lipinski definition) is 4. The van der Waals surface area contributed by atoms with Gasteiger partial charge in [-0.3, -0.25) is 0 Å². The number of ether oxygens (including phenoxy) is 2. The molecule has 0 bridgehead atoms. The SMILES string of the molecule is COc1cc(N2CCOCC2)cc2c1NCCC2. The summed E-state index contributed by atoms with van der Waals surface area (Å²) in [7, 11) is 1.75. The zero-order valence-corrected chi connectivity index (χ0v) is 10.9. The van der Waals surface area contributed by atoms with Crippen LogP contribution in [-0.2, 0) is 11.2 Å². The van der Waals surface area contributed by atoms with Gasteiger partial charge < -0.3 is 19.7 Å². The van der Waals surface area contributed by atoms with Crippen molar-refractivity contribution in [3.63, 3.8) is 0 Å². The molecule has 1 saturated heterocycles. The molecule has 2 heterocycles. The van der Waals surface area contributed by atoms with Gasteiger partial charge in [-0.2, -0.15) is 0 Å². The van der Waals surface area contributed by atoms with Gasteiger partial charge in [0.2, 0.25) is 0 Å². The second kappa shape index (κ2) is 5.06. The largest absolute Gasteiger partial charge is 0.495 e. The molecule has 4 heteroatoms. The highest BCUT2D eigenvalue weighted by Gasteiger charge is 2.18. The number of rotatable bonds is 2. The number of hydrogen-bond donors (Lipinski definition) is 1. The number of aryl methyl sites for hydroxylation is 1. The molecule has 0 atom stereocenters. The molecule has 0 unspecified atom stereocenters. The summed E-state index contributed by atoms with van der Waals surface area (Å²) in [5, 5.41) is 3.44. The van der Waals surface area contributed by atoms with Crippen molar-refractivity contribution in [2.45, 2.75) is 12.8 Å². The van der Waals surface area contributed by atoms with Crippen molar-refractivity contribution < 1.29 is 9.47 Å². The average Bonchev–Trinajstić information content (AvgIpc) is 2.47. The van der Waals surface area contributed by atoms with E-state index in [2.05, 4.69) is 22.3 Å². The summed E-state index contributed by atoms with van der Waals surface area (Å²) in [6, 6.07) is 4.44. The van der Waals surface area contributed by atoms with Crippen molar-refractivity contribution in [1.82, 2.24) is 0 Å². The lowest BCUT2D eigenvalue weighted by molar-refractivity contribution is 0.122. The highest BCUT2D eigenvalue weighted by atomic mass is 16.5. The zero-order chi connectivity index (χ0) is 12.4. The average molecular weight is 248 g/mol. The predicted molar refractivity (Wildman–Crippen MR) is 72.8 cm³/mol. The summed E-state index contributed by atoms with van der Waals surface area (Å²) in [5.41, 5.74) is 3.82. The van der Waals surface area contributed by atoms with E-state index >= 15 is 0 Å². The highest BCUT2D eigenvalue weighted by molar-refractivity contribution is 5.70. The molecule has 1 fully saturated rings. The Kier molecular flexibility index (Phi) is 3.28. The van der Waals surface area contributed by atoms with E-state index in [1.54, 1.807) is 7.11 Å². The third-order valence-electron chi connectivity index (χ3n) is 3.69. The van der Waals surface area contributed by atoms with E-state index in [9.17, 15) is 0 Å². The first-order valence-corrected chi connectivity index (χ1v) is 6.66. The Bertz CT molecular complexity index is 411. The predicted octanol–water partition coefficient (Wildman–Crippen LogP) is 1.89. The summed E-state index contributed by atoms with van der Waals surface area (Å²) < 4.78 is 10.9. The van der Waals surface area contributed by atoms with Crippen molar-refractivity contribution >= 4 is 11.4 Å². The third kappa shape index (κ3) is 2.12. The molecule has 1 N–H and O–H groups in total. The number of morpholine rings is 1. The van der Waals surface area contributed by atoms with E-state index < -0.39 is 0 Å². The maximum atomic E-state index is 5.52. The smallest absolute Gasteiger partial charge is 0.144 e. The lowest BCUT2D eigenvalue weighted by Crippen LogP contribution is -2.36. The van der Waals surface area contributed by atoms with Gasteiger partial charge >= 0.3 is 0 Å². The van der Waals surface area contributed by atoms with Crippen LogP contribution in [0.4, 0.5) is 11.4 Å². The molecule has 98 valence electrons. The molecule has 1 aromatic rings. The summed E-state index contributed by atoms with van der Waals surface area (Å²) >= 11 is 0. The quantitative estimate of drug-likeness (QED) is 0.866. The number of anilines is 2. The van der Waals surface area contributed by atoms with Crippen LogP contribution in [0.5, 0.6) is 5.75 Å². The third-order valence-corrected chi connectivity index (χ3v) is 3.69. The maximum absolute atomic E-state index is 5.52. The van der Waals surface area contributed by atoms with E-state index in [0.29, 0.717) is 0 Å². The van der Waals surface area contributed by atoms with Crippen molar-refractivity contribution in [2.24, 2.45) is 0 Å². The van der Waals surface area contributed by atoms with Gasteiger partial charge in [0.05, 0.1) is 26.0 Å². The van der Waals surface area contributed by atoms with E-state index in [4.69, 9.17) is 9.47 Å². The monoisotopic (exact) mass is 248 g/mol. The lowest BCUT2D eigenvalue weighted by Gasteiger charge is -2.31. The Hall–Kier alpha value is -1.42. The molecule has 2 aliphatic rings. The summed E-state index contributed by atoms with van der Waals surface area (Å²) in [5.74, 6) is 0.966. The van der Waals surface area contributed by atoms with Crippen molar-refractivity contribution in [1.29, 1.82) is 0 Å². The number of methoxy groups -OCH3 is 1. The van der Waals surface area contributed by atoms with E-state index in [1.165, 1.54) is 23.4 Å². The fraction of sp³-hybridized carbons (Fsp3) is 0.571. The molecular weight excluding hydrogens is 228 g/mol. The van der Waals surface area contributed by atoms with Crippen molar-refractivity contribution in [3.05, 3.63) is 17.7 Å². The molecule has 0 amide bonds. The van der Waals surface area contributed by atoms with Gasteiger partial charge in [-0.25, -0.2) is 0 Å². The van der Waals surface area contributed by atoms with Gasteiger partial charge in [-0.05, 0) is 24.5 Å². The van der Waals surface area contributed by atoms with Crippen LogP contribution in [0.25, 0.3) is 0 Å². The first-order valence-electron chi connectivity index (χ1n) is 6.66. The van der Waals surface area contributed by atoms with Crippen LogP contribution in [0.15, 0.2) is 12.1 Å². The van der Waals surface area contributed by atoms with Crippen LogP contribution in [0, 0.1) is 0 Å². The number of fused-ring (bicyclic) bond motifs is 1. The molecule has 0 saturated carbocycles. The van der Waals surface area contributed by atoms with Crippen molar-refractivity contribution in [2.75, 3.05) is 50.2 Å². The van der Waals surface area contributed by atoms with Crippen LogP contribution in [-0.4, -0.2) is 40.0 Å². The Labute approximate surface area is 108 Å². The van der Waals surface area contributed by atoms with Crippen LogP contribution in [0.1, 0.15) is 12.0 Å². The number of nitrogens with zero attached hydrogens (tertiary/aromatic N) is 1. The van der Waals surface area contributed by atoms with Crippen LogP contribution in [0.2, 0.25) is 0 Å². The Balaban J connectivity index is 1.94. The van der Waals surface area contributed by atoms with Crippen molar-refractivity contribution in [3.8, 4) is 5.75 Å². The van der Waals surface area contributed by atoms with Gasteiger partial charge in [0.15, 0.2) is 0 Å². The molecule has 4 nitrogen and oxygen atoms in total. The molecule has 0 aliphatic carbocycles. The van der Waals surface area contributed by atoms with Crippen LogP contribution < -0.4 is 15.0 Å². The topological polar surface area (TPSA) is 33.7 Å². The first-order chi connectivity index (χ1) is 8.88. The summed E-state index contributed by atoms with van der Waals surface area (Å²) in [6.07, 6.45) is 2.33. The van der Waals surface area contributed by atoms with E-state index in [0.717, 1.165) is 45.0 Å². The number of benzene rings is 1. The van der Waals surface area contributed by atoms with Gasteiger partial charge in [0.1, 0.15) is 5.75 Å². The maximum Gasteiger partial charge on any atom is 0.144 e. The van der Waals surface area contributed by atoms with E-state index in [1.807, 2.05) is 0 Å². The normalized spacial score (nSPS) is 19.1.